The van der Waals surface area contributed by atoms with Gasteiger partial charge >= 0.3 is 0 Å². The summed E-state index contributed by atoms with van der Waals surface area (Å²) in [5.41, 5.74) is 0.945. The summed E-state index contributed by atoms with van der Waals surface area (Å²) in [5.74, 6) is 1.54. The molecule has 0 saturated carbocycles. The summed E-state index contributed by atoms with van der Waals surface area (Å²) in [4.78, 5) is 8.81. The molecule has 5 heteroatoms. The van der Waals surface area contributed by atoms with E-state index in [0.29, 0.717) is 12.5 Å². The molecule has 0 radical (unpaired) electrons. The van der Waals surface area contributed by atoms with E-state index in [1.54, 1.807) is 6.20 Å². The number of aromatic nitrogens is 1. The third-order valence-electron chi connectivity index (χ3n) is 3.35. The molecule has 0 bridgehead atoms. The lowest BCUT2D eigenvalue weighted by molar-refractivity contribution is 0.0662. The zero-order chi connectivity index (χ0) is 12.9. The van der Waals surface area contributed by atoms with Crippen molar-refractivity contribution in [1.82, 2.24) is 10.3 Å². The van der Waals surface area contributed by atoms with E-state index in [1.165, 1.54) is 0 Å². The predicted molar refractivity (Wildman–Crippen MR) is 72.7 cm³/mol. The van der Waals surface area contributed by atoms with Crippen LogP contribution in [-0.2, 0) is 4.74 Å². The van der Waals surface area contributed by atoms with Crippen molar-refractivity contribution in [3.63, 3.8) is 0 Å². The summed E-state index contributed by atoms with van der Waals surface area (Å²) in [6.45, 7) is 3.23. The highest BCUT2D eigenvalue weighted by Crippen LogP contribution is 2.18. The maximum absolute atomic E-state index is 5.82. The highest BCUT2D eigenvalue weighted by atomic mass is 16.5. The zero-order valence-corrected chi connectivity index (χ0v) is 11.0. The van der Waals surface area contributed by atoms with E-state index < -0.39 is 0 Å². The normalized spacial score (nSPS) is 22.7. The van der Waals surface area contributed by atoms with Gasteiger partial charge in [0.1, 0.15) is 12.4 Å². The summed E-state index contributed by atoms with van der Waals surface area (Å²) >= 11 is 0. The standard InChI is InChI=1S/C14H19N3O2/c1-5-12(13-15-7-3-8-16-13)14(17-6-1)19-10-11-4-2-9-18-11/h1,5-6,11H,2-4,7-10H2,(H,15,16). The van der Waals surface area contributed by atoms with Crippen molar-refractivity contribution in [2.24, 2.45) is 4.99 Å². The highest BCUT2D eigenvalue weighted by Gasteiger charge is 2.18. The van der Waals surface area contributed by atoms with Crippen molar-refractivity contribution in [1.29, 1.82) is 0 Å². The molecular weight excluding hydrogens is 242 g/mol. The summed E-state index contributed by atoms with van der Waals surface area (Å²) in [6.07, 6.45) is 5.22. The van der Waals surface area contributed by atoms with Gasteiger partial charge in [0.25, 0.3) is 0 Å². The summed E-state index contributed by atoms with van der Waals surface area (Å²) < 4.78 is 11.4. The topological polar surface area (TPSA) is 55.7 Å². The van der Waals surface area contributed by atoms with Crippen LogP contribution in [-0.4, -0.2) is 43.2 Å². The van der Waals surface area contributed by atoms with Crippen LogP contribution in [0.2, 0.25) is 0 Å². The van der Waals surface area contributed by atoms with Crippen molar-refractivity contribution in [2.75, 3.05) is 26.3 Å². The second-order valence-electron chi connectivity index (χ2n) is 4.81. The van der Waals surface area contributed by atoms with Gasteiger partial charge in [-0.2, -0.15) is 0 Å². The Balaban J connectivity index is 1.71. The van der Waals surface area contributed by atoms with Gasteiger partial charge in [0.15, 0.2) is 0 Å². The average molecular weight is 261 g/mol. The third-order valence-corrected chi connectivity index (χ3v) is 3.35. The molecule has 0 spiro atoms. The monoisotopic (exact) mass is 261 g/mol. The number of pyridine rings is 1. The number of ether oxygens (including phenoxy) is 2. The highest BCUT2D eigenvalue weighted by molar-refractivity contribution is 6.00. The smallest absolute Gasteiger partial charge is 0.224 e. The molecule has 1 N–H and O–H groups in total. The van der Waals surface area contributed by atoms with Gasteiger partial charge in [0, 0.05) is 25.9 Å². The molecule has 1 aromatic heterocycles. The number of nitrogens with zero attached hydrogens (tertiary/aromatic N) is 2. The molecule has 102 valence electrons. The van der Waals surface area contributed by atoms with Crippen LogP contribution in [0.15, 0.2) is 23.3 Å². The number of aliphatic imine (C=N–C) groups is 1. The minimum absolute atomic E-state index is 0.205. The van der Waals surface area contributed by atoms with E-state index in [9.17, 15) is 0 Å². The van der Waals surface area contributed by atoms with E-state index in [2.05, 4.69) is 15.3 Å². The molecule has 1 unspecified atom stereocenters. The lowest BCUT2D eigenvalue weighted by Crippen LogP contribution is -2.31. The van der Waals surface area contributed by atoms with Crippen molar-refractivity contribution < 1.29 is 9.47 Å². The van der Waals surface area contributed by atoms with Crippen LogP contribution >= 0.6 is 0 Å². The van der Waals surface area contributed by atoms with Crippen molar-refractivity contribution >= 4 is 5.84 Å². The molecule has 3 rings (SSSR count). The lowest BCUT2D eigenvalue weighted by Gasteiger charge is -2.18. The van der Waals surface area contributed by atoms with Crippen molar-refractivity contribution in [3.8, 4) is 5.88 Å². The van der Waals surface area contributed by atoms with Crippen LogP contribution in [0.3, 0.4) is 0 Å². The van der Waals surface area contributed by atoms with Crippen LogP contribution in [0.1, 0.15) is 24.8 Å². The minimum Gasteiger partial charge on any atom is -0.474 e. The van der Waals surface area contributed by atoms with Gasteiger partial charge in [-0.1, -0.05) is 0 Å². The molecular formula is C14H19N3O2. The molecule has 5 nitrogen and oxygen atoms in total. The number of hydrogen-bond acceptors (Lipinski definition) is 5. The first-order chi connectivity index (χ1) is 9.43. The van der Waals surface area contributed by atoms with Crippen LogP contribution in [0.25, 0.3) is 0 Å². The van der Waals surface area contributed by atoms with Gasteiger partial charge in [0.2, 0.25) is 5.88 Å². The zero-order valence-electron chi connectivity index (χ0n) is 11.0. The quantitative estimate of drug-likeness (QED) is 0.889. The number of nitrogens with one attached hydrogen (secondary N) is 1. The Morgan fingerprint density at radius 2 is 2.42 bits per heavy atom. The van der Waals surface area contributed by atoms with Gasteiger partial charge in [-0.15, -0.1) is 0 Å². The first kappa shape index (κ1) is 12.4. The first-order valence-electron chi connectivity index (χ1n) is 6.91. The van der Waals surface area contributed by atoms with E-state index >= 15 is 0 Å². The molecule has 1 saturated heterocycles. The SMILES string of the molecule is c1cnc(OCC2CCCO2)c(C2=NCCCN2)c1. The van der Waals surface area contributed by atoms with Crippen LogP contribution in [0.5, 0.6) is 5.88 Å². The van der Waals surface area contributed by atoms with Gasteiger partial charge in [-0.25, -0.2) is 4.98 Å². The predicted octanol–water partition coefficient (Wildman–Crippen LogP) is 1.38. The molecule has 1 aromatic rings. The second kappa shape index (κ2) is 6.02. The van der Waals surface area contributed by atoms with E-state index in [-0.39, 0.29) is 6.10 Å². The van der Waals surface area contributed by atoms with Crippen LogP contribution < -0.4 is 10.1 Å². The molecule has 1 fully saturated rings. The molecule has 1 atom stereocenters. The van der Waals surface area contributed by atoms with Crippen LogP contribution in [0.4, 0.5) is 0 Å². The molecule has 2 aliphatic rings. The molecule has 0 aliphatic carbocycles. The van der Waals surface area contributed by atoms with Crippen LogP contribution in [0, 0.1) is 0 Å². The fourth-order valence-electron chi connectivity index (χ4n) is 2.35. The molecule has 3 heterocycles. The lowest BCUT2D eigenvalue weighted by atomic mass is 10.2. The Labute approximate surface area is 113 Å². The number of amidine groups is 1. The Kier molecular flexibility index (Phi) is 3.93. The van der Waals surface area contributed by atoms with Gasteiger partial charge < -0.3 is 14.8 Å². The van der Waals surface area contributed by atoms with Gasteiger partial charge in [0.05, 0.1) is 11.7 Å². The van der Waals surface area contributed by atoms with Gasteiger partial charge in [-0.3, -0.25) is 4.99 Å². The largest absolute Gasteiger partial charge is 0.474 e. The van der Waals surface area contributed by atoms with Gasteiger partial charge in [-0.05, 0) is 31.4 Å². The number of rotatable bonds is 4. The van der Waals surface area contributed by atoms with E-state index in [4.69, 9.17) is 9.47 Å². The summed E-state index contributed by atoms with van der Waals surface area (Å²) in [5, 5.41) is 3.30. The Morgan fingerprint density at radius 3 is 3.21 bits per heavy atom. The molecule has 0 amide bonds. The van der Waals surface area contributed by atoms with Crippen molar-refractivity contribution in [3.05, 3.63) is 23.9 Å². The summed E-state index contributed by atoms with van der Waals surface area (Å²) in [6, 6.07) is 3.90. The second-order valence-corrected chi connectivity index (χ2v) is 4.81. The Bertz CT molecular complexity index is 456. The maximum atomic E-state index is 5.82. The average Bonchev–Trinajstić information content (AvgIpc) is 3.00. The Morgan fingerprint density at radius 1 is 1.42 bits per heavy atom. The fraction of sp³-hybridized carbons (Fsp3) is 0.571. The van der Waals surface area contributed by atoms with E-state index in [1.807, 2.05) is 12.1 Å². The number of hydrogen-bond donors (Lipinski definition) is 1. The minimum atomic E-state index is 0.205. The maximum Gasteiger partial charge on any atom is 0.224 e. The summed E-state index contributed by atoms with van der Waals surface area (Å²) in [7, 11) is 0. The fourth-order valence-corrected chi connectivity index (χ4v) is 2.35. The van der Waals surface area contributed by atoms with E-state index in [0.717, 1.165) is 50.4 Å². The molecule has 0 aromatic carbocycles. The molecule has 2 aliphatic heterocycles. The first-order valence-corrected chi connectivity index (χ1v) is 6.91. The molecule has 19 heavy (non-hydrogen) atoms. The third kappa shape index (κ3) is 3.04. The Hall–Kier alpha value is -1.62. The van der Waals surface area contributed by atoms with Crippen molar-refractivity contribution in [2.45, 2.75) is 25.4 Å².